The molecule has 6 heteroatoms. The quantitative estimate of drug-likeness (QED) is 0.818. The number of carbonyl (C=O) groups excluding carboxylic acids is 2. The van der Waals surface area contributed by atoms with Crippen LogP contribution in [0.25, 0.3) is 0 Å². The zero-order valence-corrected chi connectivity index (χ0v) is 10.8. The Balaban J connectivity index is 1.89. The largest absolute Gasteiger partial charge is 0.343 e. The summed E-state index contributed by atoms with van der Waals surface area (Å²) in [6.07, 6.45) is 2.83. The number of piperidine rings is 1. The number of aromatic amines is 1. The number of rotatable bonds is 2. The van der Waals surface area contributed by atoms with Crippen LogP contribution in [0, 0.1) is 5.92 Å². The van der Waals surface area contributed by atoms with E-state index in [0.29, 0.717) is 31.6 Å². The highest BCUT2D eigenvalue weighted by atomic mass is 16.2. The van der Waals surface area contributed by atoms with Gasteiger partial charge in [0, 0.05) is 38.2 Å². The molecule has 1 saturated heterocycles. The maximum absolute atomic E-state index is 12.0. The molecule has 102 valence electrons. The van der Waals surface area contributed by atoms with Crippen LogP contribution in [0.4, 0.5) is 5.69 Å². The van der Waals surface area contributed by atoms with Crippen molar-refractivity contribution in [2.24, 2.45) is 5.92 Å². The van der Waals surface area contributed by atoms with Gasteiger partial charge in [-0.15, -0.1) is 0 Å². The molecule has 2 heterocycles. The number of H-pyrrole nitrogens is 1. The van der Waals surface area contributed by atoms with Crippen LogP contribution >= 0.6 is 0 Å². The van der Waals surface area contributed by atoms with Gasteiger partial charge in [-0.05, 0) is 18.9 Å². The summed E-state index contributed by atoms with van der Waals surface area (Å²) in [5.41, 5.74) is 0.381. The summed E-state index contributed by atoms with van der Waals surface area (Å²) >= 11 is 0. The SMILES string of the molecule is CC(=O)N1CCC(C(=O)Nc2ccc(=O)[nH]c2)CC1. The second-order valence-electron chi connectivity index (χ2n) is 4.71. The lowest BCUT2D eigenvalue weighted by Crippen LogP contribution is -2.40. The van der Waals surface area contributed by atoms with Gasteiger partial charge in [-0.1, -0.05) is 0 Å². The standard InChI is InChI=1S/C13H17N3O3/c1-9(17)16-6-4-10(5-7-16)13(19)15-11-2-3-12(18)14-8-11/h2-3,8,10H,4-7H2,1H3,(H,14,18)(H,15,19). The Hall–Kier alpha value is -2.11. The third-order valence-electron chi connectivity index (χ3n) is 3.36. The lowest BCUT2D eigenvalue weighted by atomic mass is 9.96. The molecular formula is C13H17N3O3. The zero-order chi connectivity index (χ0) is 13.8. The molecule has 1 aliphatic rings. The van der Waals surface area contributed by atoms with Crippen molar-refractivity contribution in [3.63, 3.8) is 0 Å². The molecule has 0 bridgehead atoms. The lowest BCUT2D eigenvalue weighted by Gasteiger charge is -2.30. The van der Waals surface area contributed by atoms with Gasteiger partial charge in [0.15, 0.2) is 0 Å². The van der Waals surface area contributed by atoms with Crippen LogP contribution in [0.3, 0.4) is 0 Å². The van der Waals surface area contributed by atoms with Crippen LogP contribution in [-0.2, 0) is 9.59 Å². The molecule has 1 fully saturated rings. The summed E-state index contributed by atoms with van der Waals surface area (Å²) in [5.74, 6) is -0.0859. The number of likely N-dealkylation sites (tertiary alicyclic amines) is 1. The third-order valence-corrected chi connectivity index (χ3v) is 3.36. The lowest BCUT2D eigenvalue weighted by molar-refractivity contribution is -0.132. The Morgan fingerprint density at radius 3 is 2.53 bits per heavy atom. The smallest absolute Gasteiger partial charge is 0.248 e. The van der Waals surface area contributed by atoms with E-state index in [9.17, 15) is 14.4 Å². The van der Waals surface area contributed by atoms with Gasteiger partial charge in [0.2, 0.25) is 17.4 Å². The molecule has 1 aliphatic heterocycles. The highest BCUT2D eigenvalue weighted by Crippen LogP contribution is 2.19. The molecule has 0 spiro atoms. The average Bonchev–Trinajstić information content (AvgIpc) is 2.41. The van der Waals surface area contributed by atoms with E-state index in [1.54, 1.807) is 17.9 Å². The van der Waals surface area contributed by atoms with E-state index < -0.39 is 0 Å². The van der Waals surface area contributed by atoms with Crippen LogP contribution in [0.1, 0.15) is 19.8 Å². The topological polar surface area (TPSA) is 82.3 Å². The minimum Gasteiger partial charge on any atom is -0.343 e. The van der Waals surface area contributed by atoms with Gasteiger partial charge < -0.3 is 15.2 Å². The van der Waals surface area contributed by atoms with E-state index in [1.165, 1.54) is 12.3 Å². The average molecular weight is 263 g/mol. The Bertz CT molecular complexity index is 510. The number of hydrogen-bond acceptors (Lipinski definition) is 3. The highest BCUT2D eigenvalue weighted by Gasteiger charge is 2.25. The van der Waals surface area contributed by atoms with Crippen LogP contribution in [0.2, 0.25) is 0 Å². The fourth-order valence-corrected chi connectivity index (χ4v) is 2.19. The second-order valence-corrected chi connectivity index (χ2v) is 4.71. The minimum atomic E-state index is -0.201. The summed E-state index contributed by atoms with van der Waals surface area (Å²) in [6.45, 7) is 2.79. The predicted octanol–water partition coefficient (Wildman–Crippen LogP) is 0.572. The maximum atomic E-state index is 12.0. The van der Waals surface area contributed by atoms with E-state index in [4.69, 9.17) is 0 Å². The van der Waals surface area contributed by atoms with E-state index in [0.717, 1.165) is 0 Å². The van der Waals surface area contributed by atoms with Crippen molar-refractivity contribution < 1.29 is 9.59 Å². The Kier molecular flexibility index (Phi) is 3.99. The van der Waals surface area contributed by atoms with Gasteiger partial charge in [0.25, 0.3) is 0 Å². The maximum Gasteiger partial charge on any atom is 0.248 e. The van der Waals surface area contributed by atoms with Gasteiger partial charge in [0.1, 0.15) is 0 Å². The Morgan fingerprint density at radius 2 is 2.00 bits per heavy atom. The van der Waals surface area contributed by atoms with Crippen molar-refractivity contribution in [1.82, 2.24) is 9.88 Å². The number of aromatic nitrogens is 1. The number of pyridine rings is 1. The summed E-state index contributed by atoms with van der Waals surface area (Å²) in [6, 6.07) is 2.94. The fourth-order valence-electron chi connectivity index (χ4n) is 2.19. The van der Waals surface area contributed by atoms with Crippen LogP contribution in [-0.4, -0.2) is 34.8 Å². The first kappa shape index (κ1) is 13.3. The van der Waals surface area contributed by atoms with Crippen molar-refractivity contribution in [3.8, 4) is 0 Å². The number of nitrogens with zero attached hydrogens (tertiary/aromatic N) is 1. The molecule has 0 aliphatic carbocycles. The first-order chi connectivity index (χ1) is 9.06. The summed E-state index contributed by atoms with van der Waals surface area (Å²) in [7, 11) is 0. The molecule has 19 heavy (non-hydrogen) atoms. The monoisotopic (exact) mass is 263 g/mol. The van der Waals surface area contributed by atoms with Gasteiger partial charge in [-0.25, -0.2) is 0 Å². The van der Waals surface area contributed by atoms with Gasteiger partial charge in [0.05, 0.1) is 5.69 Å². The fraction of sp³-hybridized carbons (Fsp3) is 0.462. The molecule has 1 aromatic rings. The van der Waals surface area contributed by atoms with Gasteiger partial charge in [-0.2, -0.15) is 0 Å². The number of hydrogen-bond donors (Lipinski definition) is 2. The van der Waals surface area contributed by atoms with E-state index in [2.05, 4.69) is 10.3 Å². The van der Waals surface area contributed by atoms with Crippen molar-refractivity contribution in [3.05, 3.63) is 28.7 Å². The van der Waals surface area contributed by atoms with Crippen LogP contribution < -0.4 is 10.9 Å². The van der Waals surface area contributed by atoms with E-state index >= 15 is 0 Å². The number of amides is 2. The first-order valence-corrected chi connectivity index (χ1v) is 6.31. The second kappa shape index (κ2) is 5.69. The molecule has 2 amide bonds. The number of anilines is 1. The molecule has 2 N–H and O–H groups in total. The predicted molar refractivity (Wildman–Crippen MR) is 70.7 cm³/mol. The molecule has 0 aromatic carbocycles. The minimum absolute atomic E-state index is 0.0551. The molecule has 1 aromatic heterocycles. The van der Waals surface area contributed by atoms with E-state index in [1.807, 2.05) is 0 Å². The zero-order valence-electron chi connectivity index (χ0n) is 10.8. The van der Waals surface area contributed by atoms with Crippen molar-refractivity contribution >= 4 is 17.5 Å². The third kappa shape index (κ3) is 3.43. The van der Waals surface area contributed by atoms with Crippen molar-refractivity contribution in [2.45, 2.75) is 19.8 Å². The van der Waals surface area contributed by atoms with E-state index in [-0.39, 0.29) is 23.3 Å². The Morgan fingerprint density at radius 1 is 1.32 bits per heavy atom. The molecular weight excluding hydrogens is 246 g/mol. The van der Waals surface area contributed by atoms with Crippen LogP contribution in [0.15, 0.2) is 23.1 Å². The summed E-state index contributed by atoms with van der Waals surface area (Å²) in [5, 5.41) is 2.77. The van der Waals surface area contributed by atoms with Crippen molar-refractivity contribution in [2.75, 3.05) is 18.4 Å². The van der Waals surface area contributed by atoms with Gasteiger partial charge >= 0.3 is 0 Å². The molecule has 0 saturated carbocycles. The molecule has 2 rings (SSSR count). The van der Waals surface area contributed by atoms with Gasteiger partial charge in [-0.3, -0.25) is 14.4 Å². The molecule has 0 unspecified atom stereocenters. The normalized spacial score (nSPS) is 16.2. The Labute approximate surface area is 110 Å². The molecule has 6 nitrogen and oxygen atoms in total. The molecule has 0 atom stereocenters. The molecule has 0 radical (unpaired) electrons. The summed E-state index contributed by atoms with van der Waals surface area (Å²) in [4.78, 5) is 38.4. The number of nitrogens with one attached hydrogen (secondary N) is 2. The summed E-state index contributed by atoms with van der Waals surface area (Å²) < 4.78 is 0. The highest BCUT2D eigenvalue weighted by molar-refractivity contribution is 5.92. The number of carbonyl (C=O) groups is 2. The van der Waals surface area contributed by atoms with Crippen LogP contribution in [0.5, 0.6) is 0 Å². The van der Waals surface area contributed by atoms with Crippen molar-refractivity contribution in [1.29, 1.82) is 0 Å². The first-order valence-electron chi connectivity index (χ1n) is 6.31.